The molecule has 1 amide bonds. The van der Waals surface area contributed by atoms with Crippen molar-refractivity contribution in [3.05, 3.63) is 33.8 Å². The van der Waals surface area contributed by atoms with E-state index in [-0.39, 0.29) is 11.9 Å². The zero-order valence-corrected chi connectivity index (χ0v) is 11.8. The van der Waals surface area contributed by atoms with E-state index in [1.807, 2.05) is 50.8 Å². The molecule has 1 rings (SSSR count). The first kappa shape index (κ1) is 13.2. The maximum atomic E-state index is 12.2. The molecule has 0 saturated carbocycles. The molecule has 0 heterocycles. The topological polar surface area (TPSA) is 20.3 Å². The van der Waals surface area contributed by atoms with Gasteiger partial charge in [0.1, 0.15) is 0 Å². The van der Waals surface area contributed by atoms with Gasteiger partial charge in [-0.25, -0.2) is 0 Å². The standard InChI is InChI=1S/C13H18BrNO/c1-5-15(9(2)3)13(16)11-6-7-12(14)10(4)8-11/h6-9H,5H2,1-4H3. The van der Waals surface area contributed by atoms with E-state index in [1.54, 1.807) is 0 Å². The van der Waals surface area contributed by atoms with E-state index in [2.05, 4.69) is 15.9 Å². The van der Waals surface area contributed by atoms with E-state index in [0.29, 0.717) is 0 Å². The molecule has 0 bridgehead atoms. The molecule has 3 heteroatoms. The Bertz CT molecular complexity index is 388. The van der Waals surface area contributed by atoms with E-state index in [9.17, 15) is 4.79 Å². The molecule has 0 aliphatic rings. The van der Waals surface area contributed by atoms with E-state index in [4.69, 9.17) is 0 Å². The van der Waals surface area contributed by atoms with Gasteiger partial charge in [-0.1, -0.05) is 15.9 Å². The molecule has 88 valence electrons. The van der Waals surface area contributed by atoms with Crippen molar-refractivity contribution in [1.82, 2.24) is 4.90 Å². The maximum absolute atomic E-state index is 12.2. The van der Waals surface area contributed by atoms with Crippen LogP contribution in [0.4, 0.5) is 0 Å². The molecule has 0 fully saturated rings. The summed E-state index contributed by atoms with van der Waals surface area (Å²) in [5.41, 5.74) is 1.85. The smallest absolute Gasteiger partial charge is 0.254 e. The van der Waals surface area contributed by atoms with Gasteiger partial charge >= 0.3 is 0 Å². The first-order valence-electron chi connectivity index (χ1n) is 5.54. The zero-order valence-electron chi connectivity index (χ0n) is 10.2. The minimum atomic E-state index is 0.105. The van der Waals surface area contributed by atoms with E-state index >= 15 is 0 Å². The van der Waals surface area contributed by atoms with Crippen LogP contribution in [0, 0.1) is 6.92 Å². The fraction of sp³-hybridized carbons (Fsp3) is 0.462. The Morgan fingerprint density at radius 3 is 2.50 bits per heavy atom. The molecule has 0 aliphatic heterocycles. The summed E-state index contributed by atoms with van der Waals surface area (Å²) < 4.78 is 1.04. The predicted octanol–water partition coefficient (Wildman–Crippen LogP) is 3.63. The predicted molar refractivity (Wildman–Crippen MR) is 70.7 cm³/mol. The molecule has 0 N–H and O–H groups in total. The summed E-state index contributed by atoms with van der Waals surface area (Å²) in [7, 11) is 0. The number of carbonyl (C=O) groups excluding carboxylic acids is 1. The first-order chi connectivity index (χ1) is 7.47. The normalized spacial score (nSPS) is 10.6. The van der Waals surface area contributed by atoms with Gasteiger partial charge in [-0.3, -0.25) is 4.79 Å². The van der Waals surface area contributed by atoms with Crippen molar-refractivity contribution in [2.24, 2.45) is 0 Å². The molecule has 0 unspecified atom stereocenters. The van der Waals surface area contributed by atoms with Crippen LogP contribution in [0.5, 0.6) is 0 Å². The fourth-order valence-electron chi connectivity index (χ4n) is 1.69. The van der Waals surface area contributed by atoms with Gasteiger partial charge in [-0.15, -0.1) is 0 Å². The van der Waals surface area contributed by atoms with Gasteiger partial charge in [-0.05, 0) is 51.5 Å². The van der Waals surface area contributed by atoms with Crippen LogP contribution in [0.2, 0.25) is 0 Å². The highest BCUT2D eigenvalue weighted by molar-refractivity contribution is 9.10. The molecule has 1 aromatic carbocycles. The molecule has 0 saturated heterocycles. The lowest BCUT2D eigenvalue weighted by atomic mass is 10.1. The summed E-state index contributed by atoms with van der Waals surface area (Å²) in [5, 5.41) is 0. The Kier molecular flexibility index (Phi) is 4.54. The minimum absolute atomic E-state index is 0.105. The summed E-state index contributed by atoms with van der Waals surface area (Å²) in [4.78, 5) is 14.1. The zero-order chi connectivity index (χ0) is 12.3. The summed E-state index contributed by atoms with van der Waals surface area (Å²) in [5.74, 6) is 0.105. The van der Waals surface area contributed by atoms with Crippen molar-refractivity contribution in [3.63, 3.8) is 0 Å². The number of amides is 1. The third-order valence-corrected chi connectivity index (χ3v) is 3.52. The Balaban J connectivity index is 2.99. The van der Waals surface area contributed by atoms with Crippen LogP contribution in [-0.4, -0.2) is 23.4 Å². The average molecular weight is 284 g/mol. The number of hydrogen-bond acceptors (Lipinski definition) is 1. The highest BCUT2D eigenvalue weighted by Gasteiger charge is 2.17. The second-order valence-corrected chi connectivity index (χ2v) is 5.00. The Morgan fingerprint density at radius 2 is 2.06 bits per heavy atom. The largest absolute Gasteiger partial charge is 0.337 e. The quantitative estimate of drug-likeness (QED) is 0.830. The molecule has 1 aromatic rings. The highest BCUT2D eigenvalue weighted by atomic mass is 79.9. The number of hydrogen-bond donors (Lipinski definition) is 0. The van der Waals surface area contributed by atoms with Gasteiger partial charge in [-0.2, -0.15) is 0 Å². The Hall–Kier alpha value is -0.830. The highest BCUT2D eigenvalue weighted by Crippen LogP contribution is 2.18. The second kappa shape index (κ2) is 5.48. The maximum Gasteiger partial charge on any atom is 0.254 e. The van der Waals surface area contributed by atoms with Crippen molar-refractivity contribution < 1.29 is 4.79 Å². The van der Waals surface area contributed by atoms with Crippen LogP contribution in [0.3, 0.4) is 0 Å². The van der Waals surface area contributed by atoms with Crippen molar-refractivity contribution in [3.8, 4) is 0 Å². The van der Waals surface area contributed by atoms with E-state index < -0.39 is 0 Å². The van der Waals surface area contributed by atoms with Crippen LogP contribution in [0.25, 0.3) is 0 Å². The van der Waals surface area contributed by atoms with Crippen molar-refractivity contribution >= 4 is 21.8 Å². The van der Waals surface area contributed by atoms with E-state index in [1.165, 1.54) is 0 Å². The van der Waals surface area contributed by atoms with E-state index in [0.717, 1.165) is 22.1 Å². The lowest BCUT2D eigenvalue weighted by molar-refractivity contribution is 0.0717. The van der Waals surface area contributed by atoms with Gasteiger partial charge < -0.3 is 4.90 Å². The molecular weight excluding hydrogens is 266 g/mol. The van der Waals surface area contributed by atoms with Crippen LogP contribution in [0.15, 0.2) is 22.7 Å². The molecule has 0 atom stereocenters. The molecule has 0 aromatic heterocycles. The van der Waals surface area contributed by atoms with Crippen molar-refractivity contribution in [2.45, 2.75) is 33.7 Å². The number of aryl methyl sites for hydroxylation is 1. The number of halogens is 1. The number of benzene rings is 1. The molecule has 0 aliphatic carbocycles. The molecule has 16 heavy (non-hydrogen) atoms. The fourth-order valence-corrected chi connectivity index (χ4v) is 1.93. The SMILES string of the molecule is CCN(C(=O)c1ccc(Br)c(C)c1)C(C)C. The Morgan fingerprint density at radius 1 is 1.44 bits per heavy atom. The van der Waals surface area contributed by atoms with Crippen LogP contribution >= 0.6 is 15.9 Å². The monoisotopic (exact) mass is 283 g/mol. The van der Waals surface area contributed by atoms with Gasteiger partial charge in [0.2, 0.25) is 0 Å². The third-order valence-electron chi connectivity index (χ3n) is 2.63. The third kappa shape index (κ3) is 2.85. The van der Waals surface area contributed by atoms with Crippen molar-refractivity contribution in [1.29, 1.82) is 0 Å². The second-order valence-electron chi connectivity index (χ2n) is 4.15. The molecule has 0 radical (unpaired) electrons. The van der Waals surface area contributed by atoms with Gasteiger partial charge in [0.15, 0.2) is 0 Å². The lowest BCUT2D eigenvalue weighted by Gasteiger charge is -2.25. The number of carbonyl (C=O) groups is 1. The number of rotatable bonds is 3. The van der Waals surface area contributed by atoms with Gasteiger partial charge in [0, 0.05) is 22.6 Å². The van der Waals surface area contributed by atoms with Gasteiger partial charge in [0.05, 0.1) is 0 Å². The van der Waals surface area contributed by atoms with Crippen LogP contribution in [0.1, 0.15) is 36.7 Å². The summed E-state index contributed by atoms with van der Waals surface area (Å²) in [6.07, 6.45) is 0. The molecule has 0 spiro atoms. The summed E-state index contributed by atoms with van der Waals surface area (Å²) >= 11 is 3.44. The Labute approximate surface area is 106 Å². The van der Waals surface area contributed by atoms with Crippen LogP contribution in [-0.2, 0) is 0 Å². The van der Waals surface area contributed by atoms with Gasteiger partial charge in [0.25, 0.3) is 5.91 Å². The lowest BCUT2D eigenvalue weighted by Crippen LogP contribution is -2.36. The average Bonchev–Trinajstić information content (AvgIpc) is 2.22. The van der Waals surface area contributed by atoms with Crippen molar-refractivity contribution in [2.75, 3.05) is 6.54 Å². The molecular formula is C13H18BrNO. The summed E-state index contributed by atoms with van der Waals surface area (Å²) in [6.45, 7) is 8.81. The molecule has 2 nitrogen and oxygen atoms in total. The van der Waals surface area contributed by atoms with Crippen LogP contribution < -0.4 is 0 Å². The number of nitrogens with zero attached hydrogens (tertiary/aromatic N) is 1. The first-order valence-corrected chi connectivity index (χ1v) is 6.33. The minimum Gasteiger partial charge on any atom is -0.337 e. The summed E-state index contributed by atoms with van der Waals surface area (Å²) in [6, 6.07) is 5.96.